The Bertz CT molecular complexity index is 234. The van der Waals surface area contributed by atoms with Crippen LogP contribution in [0.1, 0.15) is 26.2 Å². The molecule has 4 nitrogen and oxygen atoms in total. The SMILES string of the molecule is CC1(O)CCN(C(=O)C2CCCN2)C1. The summed E-state index contributed by atoms with van der Waals surface area (Å²) in [6.45, 7) is 3.93. The number of carbonyl (C=O) groups excluding carboxylic acids is 1. The molecule has 2 aliphatic rings. The lowest BCUT2D eigenvalue weighted by atomic mass is 10.1. The van der Waals surface area contributed by atoms with Gasteiger partial charge < -0.3 is 15.3 Å². The number of hydrogen-bond donors (Lipinski definition) is 2. The van der Waals surface area contributed by atoms with Crippen LogP contribution in [0.5, 0.6) is 0 Å². The summed E-state index contributed by atoms with van der Waals surface area (Å²) in [6.07, 6.45) is 2.73. The van der Waals surface area contributed by atoms with Crippen molar-refractivity contribution in [1.82, 2.24) is 10.2 Å². The number of rotatable bonds is 1. The highest BCUT2D eigenvalue weighted by atomic mass is 16.3. The lowest BCUT2D eigenvalue weighted by Gasteiger charge is -2.22. The van der Waals surface area contributed by atoms with Crippen molar-refractivity contribution in [2.24, 2.45) is 0 Å². The topological polar surface area (TPSA) is 52.6 Å². The van der Waals surface area contributed by atoms with Crippen molar-refractivity contribution >= 4 is 5.91 Å². The number of nitrogens with zero attached hydrogens (tertiary/aromatic N) is 1. The molecule has 2 atom stereocenters. The number of amides is 1. The molecule has 2 rings (SSSR count). The third-order valence-electron chi connectivity index (χ3n) is 3.12. The van der Waals surface area contributed by atoms with E-state index in [1.807, 2.05) is 0 Å². The van der Waals surface area contributed by atoms with Gasteiger partial charge in [-0.15, -0.1) is 0 Å². The van der Waals surface area contributed by atoms with E-state index in [-0.39, 0.29) is 11.9 Å². The molecule has 0 radical (unpaired) electrons. The Morgan fingerprint density at radius 1 is 1.64 bits per heavy atom. The van der Waals surface area contributed by atoms with Gasteiger partial charge in [-0.05, 0) is 32.7 Å². The highest BCUT2D eigenvalue weighted by Gasteiger charge is 2.36. The Kier molecular flexibility index (Phi) is 2.49. The van der Waals surface area contributed by atoms with E-state index in [9.17, 15) is 9.90 Å². The zero-order valence-electron chi connectivity index (χ0n) is 8.62. The van der Waals surface area contributed by atoms with Gasteiger partial charge in [0.15, 0.2) is 0 Å². The van der Waals surface area contributed by atoms with Crippen LogP contribution >= 0.6 is 0 Å². The summed E-state index contributed by atoms with van der Waals surface area (Å²) in [5, 5.41) is 12.9. The molecule has 0 spiro atoms. The molecule has 0 saturated carbocycles. The Balaban J connectivity index is 1.92. The largest absolute Gasteiger partial charge is 0.388 e. The summed E-state index contributed by atoms with van der Waals surface area (Å²) in [5.41, 5.74) is -0.672. The second-order valence-electron chi connectivity index (χ2n) is 4.66. The first-order valence-corrected chi connectivity index (χ1v) is 5.33. The first kappa shape index (κ1) is 9.93. The molecule has 0 aliphatic carbocycles. The first-order valence-electron chi connectivity index (χ1n) is 5.33. The molecule has 2 aliphatic heterocycles. The monoisotopic (exact) mass is 198 g/mol. The van der Waals surface area contributed by atoms with Crippen LogP contribution in [0, 0.1) is 0 Å². The molecule has 14 heavy (non-hydrogen) atoms. The van der Waals surface area contributed by atoms with Crippen molar-refractivity contribution < 1.29 is 9.90 Å². The van der Waals surface area contributed by atoms with Gasteiger partial charge in [0.1, 0.15) is 0 Å². The predicted molar refractivity (Wildman–Crippen MR) is 52.8 cm³/mol. The lowest BCUT2D eigenvalue weighted by Crippen LogP contribution is -2.43. The van der Waals surface area contributed by atoms with Crippen molar-refractivity contribution in [3.05, 3.63) is 0 Å². The highest BCUT2D eigenvalue weighted by molar-refractivity contribution is 5.82. The van der Waals surface area contributed by atoms with E-state index in [1.165, 1.54) is 0 Å². The van der Waals surface area contributed by atoms with Gasteiger partial charge in [-0.2, -0.15) is 0 Å². The Morgan fingerprint density at radius 3 is 2.93 bits per heavy atom. The summed E-state index contributed by atoms with van der Waals surface area (Å²) < 4.78 is 0. The number of β-amino-alcohol motifs (C(OH)–C–C–N with tert-alkyl or cyclic N) is 1. The summed E-state index contributed by atoms with van der Waals surface area (Å²) >= 11 is 0. The van der Waals surface area contributed by atoms with Crippen LogP contribution in [0.4, 0.5) is 0 Å². The minimum Gasteiger partial charge on any atom is -0.388 e. The van der Waals surface area contributed by atoms with Gasteiger partial charge in [0.25, 0.3) is 0 Å². The predicted octanol–water partition coefficient (Wildman–Crippen LogP) is -0.278. The van der Waals surface area contributed by atoms with Crippen LogP contribution in [0.15, 0.2) is 0 Å². The average Bonchev–Trinajstić information content (AvgIpc) is 2.72. The second-order valence-corrected chi connectivity index (χ2v) is 4.66. The van der Waals surface area contributed by atoms with Crippen LogP contribution < -0.4 is 5.32 Å². The van der Waals surface area contributed by atoms with Crippen molar-refractivity contribution in [3.63, 3.8) is 0 Å². The minimum atomic E-state index is -0.672. The summed E-state index contributed by atoms with van der Waals surface area (Å²) in [5.74, 6) is 0.167. The van der Waals surface area contributed by atoms with E-state index >= 15 is 0 Å². The molecule has 0 aromatic carbocycles. The Hall–Kier alpha value is -0.610. The van der Waals surface area contributed by atoms with Gasteiger partial charge in [-0.25, -0.2) is 0 Å². The van der Waals surface area contributed by atoms with Gasteiger partial charge in [0.2, 0.25) is 5.91 Å². The van der Waals surface area contributed by atoms with Gasteiger partial charge in [0, 0.05) is 13.1 Å². The summed E-state index contributed by atoms with van der Waals surface area (Å²) in [4.78, 5) is 13.7. The minimum absolute atomic E-state index is 0.00361. The third kappa shape index (κ3) is 1.91. The molecule has 0 aromatic heterocycles. The second kappa shape index (κ2) is 3.51. The van der Waals surface area contributed by atoms with Crippen molar-refractivity contribution in [2.75, 3.05) is 19.6 Å². The zero-order chi connectivity index (χ0) is 10.2. The standard InChI is InChI=1S/C10H18N2O2/c1-10(14)4-6-12(7-10)9(13)8-3-2-5-11-8/h8,11,14H,2-7H2,1H3. The van der Waals surface area contributed by atoms with Gasteiger partial charge >= 0.3 is 0 Å². The molecule has 1 amide bonds. The maximum Gasteiger partial charge on any atom is 0.239 e. The van der Waals surface area contributed by atoms with Crippen LogP contribution in [0.25, 0.3) is 0 Å². The zero-order valence-corrected chi connectivity index (χ0v) is 8.62. The smallest absolute Gasteiger partial charge is 0.239 e. The molecule has 0 bridgehead atoms. The molecule has 4 heteroatoms. The Labute approximate surface area is 84.3 Å². The van der Waals surface area contributed by atoms with Gasteiger partial charge in [-0.1, -0.05) is 0 Å². The maximum absolute atomic E-state index is 11.9. The van der Waals surface area contributed by atoms with Crippen molar-refractivity contribution in [3.8, 4) is 0 Å². The van der Waals surface area contributed by atoms with E-state index in [2.05, 4.69) is 5.32 Å². The number of nitrogens with one attached hydrogen (secondary N) is 1. The summed E-state index contributed by atoms with van der Waals surface area (Å²) in [6, 6.07) is 0.00361. The maximum atomic E-state index is 11.9. The molecule has 2 heterocycles. The number of carbonyl (C=O) groups is 1. The quantitative estimate of drug-likeness (QED) is 0.609. The van der Waals surface area contributed by atoms with E-state index in [1.54, 1.807) is 11.8 Å². The molecule has 2 N–H and O–H groups in total. The van der Waals surface area contributed by atoms with E-state index in [0.29, 0.717) is 19.5 Å². The lowest BCUT2D eigenvalue weighted by molar-refractivity contribution is -0.132. The third-order valence-corrected chi connectivity index (χ3v) is 3.12. The molecular formula is C10H18N2O2. The fourth-order valence-electron chi connectivity index (χ4n) is 2.25. The van der Waals surface area contributed by atoms with Crippen molar-refractivity contribution in [2.45, 2.75) is 37.8 Å². The molecule has 2 saturated heterocycles. The molecule has 2 fully saturated rings. The number of hydrogen-bond acceptors (Lipinski definition) is 3. The van der Waals surface area contributed by atoms with Crippen LogP contribution in [0.2, 0.25) is 0 Å². The van der Waals surface area contributed by atoms with E-state index < -0.39 is 5.60 Å². The van der Waals surface area contributed by atoms with Crippen molar-refractivity contribution in [1.29, 1.82) is 0 Å². The first-order chi connectivity index (χ1) is 6.58. The Morgan fingerprint density at radius 2 is 2.43 bits per heavy atom. The average molecular weight is 198 g/mol. The van der Waals surface area contributed by atoms with Gasteiger partial charge in [0.05, 0.1) is 11.6 Å². The van der Waals surface area contributed by atoms with E-state index in [0.717, 1.165) is 19.4 Å². The van der Waals surface area contributed by atoms with Crippen LogP contribution in [-0.2, 0) is 4.79 Å². The number of aliphatic hydroxyl groups is 1. The van der Waals surface area contributed by atoms with Crippen LogP contribution in [-0.4, -0.2) is 47.2 Å². The summed E-state index contributed by atoms with van der Waals surface area (Å²) in [7, 11) is 0. The molecule has 80 valence electrons. The van der Waals surface area contributed by atoms with Gasteiger partial charge in [-0.3, -0.25) is 4.79 Å². The number of likely N-dealkylation sites (tertiary alicyclic amines) is 1. The molecule has 0 aromatic rings. The fraction of sp³-hybridized carbons (Fsp3) is 0.900. The molecular weight excluding hydrogens is 180 g/mol. The van der Waals surface area contributed by atoms with E-state index in [4.69, 9.17) is 0 Å². The molecule has 2 unspecified atom stereocenters. The van der Waals surface area contributed by atoms with Crippen LogP contribution in [0.3, 0.4) is 0 Å². The normalized spacial score (nSPS) is 37.9. The highest BCUT2D eigenvalue weighted by Crippen LogP contribution is 2.22. The fourth-order valence-corrected chi connectivity index (χ4v) is 2.25.